The second-order valence-electron chi connectivity index (χ2n) is 10.0. The molecule has 1 atom stereocenters. The van der Waals surface area contributed by atoms with Gasteiger partial charge in [-0.25, -0.2) is 9.97 Å². The van der Waals surface area contributed by atoms with Crippen LogP contribution >= 0.6 is 0 Å². The second kappa shape index (κ2) is 11.6. The first-order valence-electron chi connectivity index (χ1n) is 12.9. The summed E-state index contributed by atoms with van der Waals surface area (Å²) in [6, 6.07) is 4.21. The molecule has 2 saturated heterocycles. The molecule has 1 aromatic carbocycles. The molecule has 0 bridgehead atoms. The van der Waals surface area contributed by atoms with E-state index in [1.165, 1.54) is 17.0 Å². The molecular formula is C26H31F6N5O2. The van der Waals surface area contributed by atoms with Crippen molar-refractivity contribution >= 4 is 17.5 Å². The molecule has 39 heavy (non-hydrogen) atoms. The van der Waals surface area contributed by atoms with Crippen LogP contribution < -0.4 is 15.1 Å². The van der Waals surface area contributed by atoms with Crippen molar-refractivity contribution in [1.82, 2.24) is 15.3 Å². The minimum atomic E-state index is -4.76. The van der Waals surface area contributed by atoms with Gasteiger partial charge in [-0.3, -0.25) is 4.79 Å². The number of carbonyl (C=O) groups excluding carboxylic acids is 1. The number of halogens is 6. The van der Waals surface area contributed by atoms with Crippen LogP contribution in [0.5, 0.6) is 0 Å². The van der Waals surface area contributed by atoms with E-state index in [1.54, 1.807) is 11.8 Å². The predicted molar refractivity (Wildman–Crippen MR) is 132 cm³/mol. The third-order valence-electron chi connectivity index (χ3n) is 7.41. The fraction of sp³-hybridized carbons (Fsp3) is 0.577. The van der Waals surface area contributed by atoms with Crippen LogP contribution in [-0.2, 0) is 23.6 Å². The Morgan fingerprint density at radius 2 is 1.69 bits per heavy atom. The molecule has 0 aliphatic carbocycles. The average molecular weight is 560 g/mol. The van der Waals surface area contributed by atoms with Crippen LogP contribution in [0.25, 0.3) is 0 Å². The molecule has 2 fully saturated rings. The van der Waals surface area contributed by atoms with E-state index in [0.717, 1.165) is 25.0 Å². The van der Waals surface area contributed by atoms with Crippen LogP contribution in [0, 0.1) is 12.8 Å². The predicted octanol–water partition coefficient (Wildman–Crippen LogP) is 4.36. The van der Waals surface area contributed by atoms with Gasteiger partial charge in [0.05, 0.1) is 5.56 Å². The quantitative estimate of drug-likeness (QED) is 0.468. The van der Waals surface area contributed by atoms with Gasteiger partial charge in [0.2, 0.25) is 11.7 Å². The lowest BCUT2D eigenvalue weighted by Crippen LogP contribution is -2.57. The monoisotopic (exact) mass is 559 g/mol. The third kappa shape index (κ3) is 6.92. The summed E-state index contributed by atoms with van der Waals surface area (Å²) in [7, 11) is 0. The van der Waals surface area contributed by atoms with Crippen LogP contribution in [0.3, 0.4) is 0 Å². The number of benzene rings is 1. The average Bonchev–Trinajstić information content (AvgIpc) is 2.83. The molecule has 3 heterocycles. The van der Waals surface area contributed by atoms with Crippen molar-refractivity contribution in [3.05, 3.63) is 46.8 Å². The normalized spacial score (nSPS) is 18.7. The number of carbonyl (C=O) groups is 1. The summed E-state index contributed by atoms with van der Waals surface area (Å²) in [5.74, 6) is -1.17. The minimum Gasteiger partial charge on any atom is -0.396 e. The molecule has 2 aliphatic heterocycles. The maximum absolute atomic E-state index is 13.6. The summed E-state index contributed by atoms with van der Waals surface area (Å²) >= 11 is 0. The molecule has 2 aromatic rings. The molecule has 4 rings (SSSR count). The van der Waals surface area contributed by atoms with Crippen molar-refractivity contribution in [2.45, 2.75) is 57.4 Å². The Bertz CT molecular complexity index is 1160. The zero-order chi connectivity index (χ0) is 28.4. The number of nitrogens with one attached hydrogen (secondary N) is 1. The first kappa shape index (κ1) is 28.9. The zero-order valence-electron chi connectivity index (χ0n) is 21.4. The Kier molecular flexibility index (Phi) is 8.57. The number of rotatable bonds is 8. The van der Waals surface area contributed by atoms with Crippen LogP contribution in [0.15, 0.2) is 24.3 Å². The number of alkyl halides is 6. The molecule has 13 heteroatoms. The van der Waals surface area contributed by atoms with E-state index in [0.29, 0.717) is 55.9 Å². The number of anilines is 2. The van der Waals surface area contributed by atoms with Gasteiger partial charge in [0.25, 0.3) is 0 Å². The molecule has 0 unspecified atom stereocenters. The summed E-state index contributed by atoms with van der Waals surface area (Å²) in [5.41, 5.74) is 0.375. The molecule has 2 aliphatic rings. The number of nitrogens with zero attached hydrogens (tertiary/aromatic N) is 4. The van der Waals surface area contributed by atoms with Gasteiger partial charge in [-0.1, -0.05) is 6.07 Å². The number of amides is 1. The van der Waals surface area contributed by atoms with E-state index in [1.807, 2.05) is 0 Å². The highest BCUT2D eigenvalue weighted by Crippen LogP contribution is 2.35. The molecule has 1 amide bonds. The van der Waals surface area contributed by atoms with Gasteiger partial charge in [-0.05, 0) is 68.2 Å². The summed E-state index contributed by atoms with van der Waals surface area (Å²) in [6.45, 7) is 3.17. The topological polar surface area (TPSA) is 81.6 Å². The van der Waals surface area contributed by atoms with Gasteiger partial charge in [-0.15, -0.1) is 0 Å². The van der Waals surface area contributed by atoms with Gasteiger partial charge in [-0.2, -0.15) is 26.3 Å². The van der Waals surface area contributed by atoms with E-state index < -0.39 is 29.8 Å². The highest BCUT2D eigenvalue weighted by Gasteiger charge is 2.40. The van der Waals surface area contributed by atoms with Gasteiger partial charge >= 0.3 is 12.4 Å². The highest BCUT2D eigenvalue weighted by atomic mass is 19.4. The van der Waals surface area contributed by atoms with Crippen LogP contribution in [0.4, 0.5) is 38.0 Å². The van der Waals surface area contributed by atoms with Crippen molar-refractivity contribution in [2.75, 3.05) is 42.6 Å². The number of hydrogen-bond acceptors (Lipinski definition) is 6. The Morgan fingerprint density at radius 3 is 2.26 bits per heavy atom. The van der Waals surface area contributed by atoms with Crippen molar-refractivity contribution in [1.29, 1.82) is 0 Å². The van der Waals surface area contributed by atoms with E-state index >= 15 is 0 Å². The van der Waals surface area contributed by atoms with Gasteiger partial charge in [0, 0.05) is 38.9 Å². The van der Waals surface area contributed by atoms with E-state index in [2.05, 4.69) is 15.3 Å². The molecule has 0 radical (unpaired) electrons. The van der Waals surface area contributed by atoms with Crippen LogP contribution in [-0.4, -0.2) is 59.8 Å². The Balaban J connectivity index is 1.41. The molecule has 0 spiro atoms. The molecule has 1 aromatic heterocycles. The SMILES string of the molecule is Cc1cc(C(F)(F)F)ccc1CCNC(=O)[C@@H]1CCN1c1cc(N2CCC(CCO)CC2)nc(C(F)(F)F)n1. The van der Waals surface area contributed by atoms with E-state index in [4.69, 9.17) is 5.11 Å². The number of piperidine rings is 1. The molecule has 214 valence electrons. The second-order valence-corrected chi connectivity index (χ2v) is 10.0. The fourth-order valence-corrected chi connectivity index (χ4v) is 5.02. The number of aromatic nitrogens is 2. The lowest BCUT2D eigenvalue weighted by molar-refractivity contribution is -0.144. The first-order valence-corrected chi connectivity index (χ1v) is 12.9. The zero-order valence-corrected chi connectivity index (χ0v) is 21.4. The number of aliphatic hydroxyl groups excluding tert-OH is 1. The summed E-state index contributed by atoms with van der Waals surface area (Å²) < 4.78 is 79.6. The van der Waals surface area contributed by atoms with Crippen LogP contribution in [0.2, 0.25) is 0 Å². The molecular weight excluding hydrogens is 528 g/mol. The Hall–Kier alpha value is -3.09. The maximum Gasteiger partial charge on any atom is 0.451 e. The van der Waals surface area contributed by atoms with Crippen molar-refractivity contribution in [3.63, 3.8) is 0 Å². The third-order valence-corrected chi connectivity index (χ3v) is 7.41. The maximum atomic E-state index is 13.6. The molecule has 7 nitrogen and oxygen atoms in total. The largest absolute Gasteiger partial charge is 0.451 e. The number of aliphatic hydroxyl groups is 1. The van der Waals surface area contributed by atoms with Crippen LogP contribution in [0.1, 0.15) is 48.2 Å². The van der Waals surface area contributed by atoms with E-state index in [-0.39, 0.29) is 30.7 Å². The minimum absolute atomic E-state index is 0.0230. The highest BCUT2D eigenvalue weighted by molar-refractivity contribution is 5.86. The molecule has 2 N–H and O–H groups in total. The lowest BCUT2D eigenvalue weighted by atomic mass is 9.94. The van der Waals surface area contributed by atoms with Gasteiger partial charge in [0.1, 0.15) is 17.7 Å². The standard InChI is InChI=1S/C26H31F6N5O2/c1-16-14-19(25(27,28)29)3-2-18(16)4-9-33-23(39)20-7-12-37(20)22-15-21(34-24(35-22)26(30,31)32)36-10-5-17(6-11-36)8-13-38/h2-3,14-15,17,20,38H,4-13H2,1H3,(H,33,39)/t20-/m0/s1. The van der Waals surface area contributed by atoms with Crippen molar-refractivity contribution in [3.8, 4) is 0 Å². The smallest absolute Gasteiger partial charge is 0.396 e. The van der Waals surface area contributed by atoms with Crippen molar-refractivity contribution < 1.29 is 36.2 Å². The molecule has 0 saturated carbocycles. The Morgan fingerprint density at radius 1 is 1.00 bits per heavy atom. The lowest BCUT2D eigenvalue weighted by Gasteiger charge is -2.41. The Labute approximate surface area is 222 Å². The fourth-order valence-electron chi connectivity index (χ4n) is 5.02. The number of aryl methyl sites for hydroxylation is 1. The first-order chi connectivity index (χ1) is 18.4. The number of hydrogen-bond donors (Lipinski definition) is 2. The summed E-state index contributed by atoms with van der Waals surface area (Å²) in [4.78, 5) is 23.6. The summed E-state index contributed by atoms with van der Waals surface area (Å²) in [6.07, 6.45) is -6.35. The summed E-state index contributed by atoms with van der Waals surface area (Å²) in [5, 5.41) is 11.9. The van der Waals surface area contributed by atoms with Gasteiger partial charge < -0.3 is 20.2 Å². The van der Waals surface area contributed by atoms with Crippen molar-refractivity contribution in [2.24, 2.45) is 5.92 Å². The van der Waals surface area contributed by atoms with Gasteiger partial charge in [0.15, 0.2) is 0 Å². The van der Waals surface area contributed by atoms with E-state index in [9.17, 15) is 31.1 Å².